The second kappa shape index (κ2) is 6.89. The lowest BCUT2D eigenvalue weighted by atomic mass is 10.1. The molecule has 0 spiro atoms. The zero-order valence-electron chi connectivity index (χ0n) is 13.0. The Hall–Kier alpha value is -2.62. The van der Waals surface area contributed by atoms with Crippen LogP contribution in [0.15, 0.2) is 41.2 Å². The summed E-state index contributed by atoms with van der Waals surface area (Å²) in [5.41, 5.74) is 2.14. The number of H-pyrrole nitrogens is 1. The Morgan fingerprint density at radius 3 is 2.50 bits per heavy atom. The van der Waals surface area contributed by atoms with Gasteiger partial charge in [-0.25, -0.2) is 0 Å². The highest BCUT2D eigenvalue weighted by molar-refractivity contribution is 6.07. The number of hydrogen-bond donors (Lipinski definition) is 1. The van der Waals surface area contributed by atoms with Gasteiger partial charge in [0.15, 0.2) is 5.78 Å². The molecule has 0 saturated heterocycles. The number of pyridine rings is 1. The SMILES string of the molecule is CCOc1ccc(C=CC(=O)c2c(C)cc(C)[nH]c2=O)cc1. The number of rotatable bonds is 5. The monoisotopic (exact) mass is 297 g/mol. The van der Waals surface area contributed by atoms with Crippen LogP contribution in [-0.2, 0) is 0 Å². The van der Waals surface area contributed by atoms with E-state index in [1.165, 1.54) is 6.08 Å². The summed E-state index contributed by atoms with van der Waals surface area (Å²) < 4.78 is 5.36. The fraction of sp³-hybridized carbons (Fsp3) is 0.222. The maximum absolute atomic E-state index is 12.2. The predicted octanol–water partition coefficient (Wildman–Crippen LogP) is 3.29. The molecule has 2 rings (SSSR count). The number of carbonyl (C=O) groups is 1. The maximum atomic E-state index is 12.2. The summed E-state index contributed by atoms with van der Waals surface area (Å²) in [7, 11) is 0. The molecular formula is C18H19NO3. The van der Waals surface area contributed by atoms with E-state index in [1.54, 1.807) is 26.0 Å². The Morgan fingerprint density at radius 1 is 1.23 bits per heavy atom. The van der Waals surface area contributed by atoms with Crippen LogP contribution >= 0.6 is 0 Å². The van der Waals surface area contributed by atoms with Gasteiger partial charge in [-0.15, -0.1) is 0 Å². The second-order valence-electron chi connectivity index (χ2n) is 5.04. The van der Waals surface area contributed by atoms with Gasteiger partial charge in [-0.1, -0.05) is 18.2 Å². The van der Waals surface area contributed by atoms with E-state index in [0.717, 1.165) is 17.0 Å². The molecule has 114 valence electrons. The van der Waals surface area contributed by atoms with E-state index < -0.39 is 0 Å². The number of aromatic amines is 1. The number of ether oxygens (including phenoxy) is 1. The van der Waals surface area contributed by atoms with Gasteiger partial charge in [0, 0.05) is 5.69 Å². The van der Waals surface area contributed by atoms with Crippen LogP contribution in [0, 0.1) is 13.8 Å². The standard InChI is InChI=1S/C18H19NO3/c1-4-22-15-8-5-14(6-9-15)7-10-16(20)17-12(2)11-13(3)19-18(17)21/h5-11H,4H2,1-3H3,(H,19,21). The fourth-order valence-electron chi connectivity index (χ4n) is 2.26. The average Bonchev–Trinajstić information content (AvgIpc) is 2.46. The highest BCUT2D eigenvalue weighted by Crippen LogP contribution is 2.13. The first-order valence-corrected chi connectivity index (χ1v) is 7.17. The average molecular weight is 297 g/mol. The number of nitrogens with one attached hydrogen (secondary N) is 1. The van der Waals surface area contributed by atoms with Crippen LogP contribution in [0.4, 0.5) is 0 Å². The van der Waals surface area contributed by atoms with E-state index in [9.17, 15) is 9.59 Å². The third-order valence-corrected chi connectivity index (χ3v) is 3.23. The molecule has 0 amide bonds. The molecule has 0 aliphatic heterocycles. The smallest absolute Gasteiger partial charge is 0.259 e. The predicted molar refractivity (Wildman–Crippen MR) is 87.5 cm³/mol. The van der Waals surface area contributed by atoms with Crippen molar-refractivity contribution in [3.63, 3.8) is 0 Å². The third kappa shape index (κ3) is 3.73. The molecule has 1 aromatic carbocycles. The molecule has 0 fully saturated rings. The van der Waals surface area contributed by atoms with Crippen LogP contribution < -0.4 is 10.3 Å². The number of allylic oxidation sites excluding steroid dienone is 1. The van der Waals surface area contributed by atoms with Gasteiger partial charge in [-0.2, -0.15) is 0 Å². The Labute approximate surface area is 129 Å². The van der Waals surface area contributed by atoms with Gasteiger partial charge in [0.1, 0.15) is 5.75 Å². The maximum Gasteiger partial charge on any atom is 0.259 e. The Morgan fingerprint density at radius 2 is 1.91 bits per heavy atom. The van der Waals surface area contributed by atoms with Crippen molar-refractivity contribution in [2.24, 2.45) is 0 Å². The fourth-order valence-corrected chi connectivity index (χ4v) is 2.26. The van der Waals surface area contributed by atoms with Gasteiger partial charge in [-0.05, 0) is 56.2 Å². The van der Waals surface area contributed by atoms with Gasteiger partial charge < -0.3 is 9.72 Å². The van der Waals surface area contributed by atoms with Gasteiger partial charge in [-0.3, -0.25) is 9.59 Å². The summed E-state index contributed by atoms with van der Waals surface area (Å²) in [6.45, 7) is 6.09. The molecule has 0 bridgehead atoms. The number of carbonyl (C=O) groups excluding carboxylic acids is 1. The van der Waals surface area contributed by atoms with Crippen LogP contribution in [0.25, 0.3) is 6.08 Å². The van der Waals surface area contributed by atoms with Crippen molar-refractivity contribution < 1.29 is 9.53 Å². The van der Waals surface area contributed by atoms with Crippen LogP contribution in [0.5, 0.6) is 5.75 Å². The molecule has 0 aliphatic rings. The highest BCUT2D eigenvalue weighted by atomic mass is 16.5. The first kappa shape index (κ1) is 15.8. The highest BCUT2D eigenvalue weighted by Gasteiger charge is 2.11. The summed E-state index contributed by atoms with van der Waals surface area (Å²) in [4.78, 5) is 26.8. The van der Waals surface area contributed by atoms with E-state index in [-0.39, 0.29) is 16.9 Å². The van der Waals surface area contributed by atoms with Crippen LogP contribution in [0.1, 0.15) is 34.1 Å². The van der Waals surface area contributed by atoms with E-state index in [0.29, 0.717) is 12.2 Å². The molecular weight excluding hydrogens is 278 g/mol. The lowest BCUT2D eigenvalue weighted by Crippen LogP contribution is -2.19. The topological polar surface area (TPSA) is 59.2 Å². The normalized spacial score (nSPS) is 10.9. The van der Waals surface area contributed by atoms with Gasteiger partial charge in [0.25, 0.3) is 5.56 Å². The zero-order chi connectivity index (χ0) is 16.1. The molecule has 0 saturated carbocycles. The molecule has 0 atom stereocenters. The largest absolute Gasteiger partial charge is 0.494 e. The van der Waals surface area contributed by atoms with Gasteiger partial charge in [0.05, 0.1) is 12.2 Å². The second-order valence-corrected chi connectivity index (χ2v) is 5.04. The minimum Gasteiger partial charge on any atom is -0.494 e. The lowest BCUT2D eigenvalue weighted by molar-refractivity contribution is 0.104. The van der Waals surface area contributed by atoms with Crippen molar-refractivity contribution in [2.45, 2.75) is 20.8 Å². The number of benzene rings is 1. The van der Waals surface area contributed by atoms with Gasteiger partial charge >= 0.3 is 0 Å². The molecule has 1 heterocycles. The number of aryl methyl sites for hydroxylation is 2. The summed E-state index contributed by atoms with van der Waals surface area (Å²) in [5.74, 6) is 0.490. The Kier molecular flexibility index (Phi) is 4.94. The van der Waals surface area contributed by atoms with Crippen molar-refractivity contribution >= 4 is 11.9 Å². The summed E-state index contributed by atoms with van der Waals surface area (Å²) in [6.07, 6.45) is 3.11. The number of hydrogen-bond acceptors (Lipinski definition) is 3. The summed E-state index contributed by atoms with van der Waals surface area (Å²) in [5, 5.41) is 0. The first-order valence-electron chi connectivity index (χ1n) is 7.17. The molecule has 4 heteroatoms. The minimum absolute atomic E-state index is 0.188. The number of aromatic nitrogens is 1. The van der Waals surface area contributed by atoms with Gasteiger partial charge in [0.2, 0.25) is 0 Å². The Bertz CT molecular complexity index is 755. The van der Waals surface area contributed by atoms with Crippen LogP contribution in [0.2, 0.25) is 0 Å². The van der Waals surface area contributed by atoms with Crippen LogP contribution in [-0.4, -0.2) is 17.4 Å². The molecule has 4 nitrogen and oxygen atoms in total. The van der Waals surface area contributed by atoms with E-state index in [2.05, 4.69) is 4.98 Å². The molecule has 0 aliphatic carbocycles. The quantitative estimate of drug-likeness (QED) is 0.680. The Balaban J connectivity index is 2.20. The van der Waals surface area contributed by atoms with Crippen molar-refractivity contribution in [3.8, 4) is 5.75 Å². The van der Waals surface area contributed by atoms with E-state index in [4.69, 9.17) is 4.74 Å². The molecule has 1 N–H and O–H groups in total. The van der Waals surface area contributed by atoms with Crippen LogP contribution in [0.3, 0.4) is 0 Å². The third-order valence-electron chi connectivity index (χ3n) is 3.23. The molecule has 2 aromatic rings. The molecule has 1 aromatic heterocycles. The lowest BCUT2D eigenvalue weighted by Gasteiger charge is -2.03. The van der Waals surface area contributed by atoms with E-state index in [1.807, 2.05) is 31.2 Å². The molecule has 22 heavy (non-hydrogen) atoms. The van der Waals surface area contributed by atoms with Crippen molar-refractivity contribution in [1.29, 1.82) is 0 Å². The minimum atomic E-state index is -0.348. The molecule has 0 unspecified atom stereocenters. The summed E-state index contributed by atoms with van der Waals surface area (Å²) >= 11 is 0. The van der Waals surface area contributed by atoms with Crippen molar-refractivity contribution in [1.82, 2.24) is 4.98 Å². The van der Waals surface area contributed by atoms with E-state index >= 15 is 0 Å². The summed E-state index contributed by atoms with van der Waals surface area (Å²) in [6, 6.07) is 9.20. The van der Waals surface area contributed by atoms with Crippen molar-refractivity contribution in [3.05, 3.63) is 69.1 Å². The van der Waals surface area contributed by atoms with Crippen molar-refractivity contribution in [2.75, 3.05) is 6.61 Å². The molecule has 0 radical (unpaired) electrons. The zero-order valence-corrected chi connectivity index (χ0v) is 13.0. The number of ketones is 1. The first-order chi connectivity index (χ1) is 10.5.